The number of likely N-dealkylation sites (N-methyl/N-ethyl adjacent to an activating group) is 1. The minimum atomic E-state index is -0.165. The number of carbonyl (C=O) groups is 1. The van der Waals surface area contributed by atoms with Crippen LogP contribution in [0.5, 0.6) is 5.75 Å². The molecule has 0 aromatic carbocycles. The van der Waals surface area contributed by atoms with Crippen LogP contribution < -0.4 is 15.0 Å². The summed E-state index contributed by atoms with van der Waals surface area (Å²) in [5, 5.41) is 3.96. The first-order chi connectivity index (χ1) is 15.4. The van der Waals surface area contributed by atoms with Gasteiger partial charge in [-0.1, -0.05) is 0 Å². The van der Waals surface area contributed by atoms with Crippen molar-refractivity contribution in [1.29, 1.82) is 0 Å². The van der Waals surface area contributed by atoms with Crippen LogP contribution in [0.1, 0.15) is 21.8 Å². The number of pyridine rings is 2. The van der Waals surface area contributed by atoms with E-state index in [1.54, 1.807) is 13.2 Å². The Bertz CT molecular complexity index is 1310. The van der Waals surface area contributed by atoms with Gasteiger partial charge in [0.25, 0.3) is 5.91 Å². The van der Waals surface area contributed by atoms with Crippen LogP contribution in [0.2, 0.25) is 0 Å². The van der Waals surface area contributed by atoms with Gasteiger partial charge in [0.2, 0.25) is 0 Å². The van der Waals surface area contributed by atoms with Gasteiger partial charge in [-0.15, -0.1) is 11.3 Å². The summed E-state index contributed by atoms with van der Waals surface area (Å²) in [6, 6.07) is 8.34. The summed E-state index contributed by atoms with van der Waals surface area (Å²) in [7, 11) is 5.84. The zero-order chi connectivity index (χ0) is 22.4. The van der Waals surface area contributed by atoms with Crippen molar-refractivity contribution in [1.82, 2.24) is 19.3 Å². The van der Waals surface area contributed by atoms with Gasteiger partial charge in [-0.25, -0.2) is 9.97 Å². The Hall–Kier alpha value is -3.17. The number of hydrogen-bond donors (Lipinski definition) is 1. The number of imidazole rings is 1. The molecular weight excluding hydrogens is 424 g/mol. The number of carbonyl (C=O) groups excluding carboxylic acids is 1. The summed E-state index contributed by atoms with van der Waals surface area (Å²) in [6.07, 6.45) is 4.88. The first-order valence-electron chi connectivity index (χ1n) is 10.6. The van der Waals surface area contributed by atoms with Gasteiger partial charge >= 0.3 is 0 Å². The molecule has 1 amide bonds. The Morgan fingerprint density at radius 3 is 2.84 bits per heavy atom. The summed E-state index contributed by atoms with van der Waals surface area (Å²) >= 11 is 1.41. The molecule has 0 aliphatic carbocycles. The number of nitrogens with one attached hydrogen (secondary N) is 1. The van der Waals surface area contributed by atoms with E-state index in [0.29, 0.717) is 22.4 Å². The largest absolute Gasteiger partial charge is 0.493 e. The molecule has 1 saturated heterocycles. The first kappa shape index (κ1) is 20.7. The monoisotopic (exact) mass is 450 g/mol. The Balaban J connectivity index is 1.38. The predicted molar refractivity (Wildman–Crippen MR) is 128 cm³/mol. The molecule has 32 heavy (non-hydrogen) atoms. The summed E-state index contributed by atoms with van der Waals surface area (Å²) in [4.78, 5) is 28.4. The Labute approximate surface area is 190 Å². The Morgan fingerprint density at radius 2 is 2.09 bits per heavy atom. The summed E-state index contributed by atoms with van der Waals surface area (Å²) < 4.78 is 7.31. The average molecular weight is 451 g/mol. The summed E-state index contributed by atoms with van der Waals surface area (Å²) in [5.41, 5.74) is 2.25. The molecule has 1 atom stereocenters. The number of aryl methyl sites for hydroxylation is 1. The maximum Gasteiger partial charge on any atom is 0.265 e. The lowest BCUT2D eigenvalue weighted by Gasteiger charge is -2.21. The minimum absolute atomic E-state index is 0.165. The predicted octanol–water partition coefficient (Wildman–Crippen LogP) is 3.65. The number of anilines is 2. The van der Waals surface area contributed by atoms with E-state index in [4.69, 9.17) is 9.72 Å². The molecule has 1 aliphatic heterocycles. The molecular formula is C23H26N6O2S. The number of thiophene rings is 1. The van der Waals surface area contributed by atoms with Crippen molar-refractivity contribution in [3.05, 3.63) is 47.2 Å². The number of aromatic nitrogens is 3. The van der Waals surface area contributed by atoms with Gasteiger partial charge in [0, 0.05) is 43.0 Å². The fraction of sp³-hybridized carbons (Fsp3) is 0.348. The van der Waals surface area contributed by atoms with Crippen LogP contribution in [0, 0.1) is 6.92 Å². The van der Waals surface area contributed by atoms with Crippen LogP contribution in [-0.4, -0.2) is 65.5 Å². The van der Waals surface area contributed by atoms with Crippen LogP contribution in [0.3, 0.4) is 0 Å². The normalized spacial score (nSPS) is 16.4. The number of ether oxygens (including phenoxy) is 1. The highest BCUT2D eigenvalue weighted by atomic mass is 32.1. The molecule has 4 aromatic heterocycles. The molecule has 1 aliphatic rings. The molecule has 1 unspecified atom stereocenters. The molecule has 0 spiro atoms. The number of rotatable bonds is 5. The molecule has 1 fully saturated rings. The zero-order valence-corrected chi connectivity index (χ0v) is 19.4. The highest BCUT2D eigenvalue weighted by Crippen LogP contribution is 2.30. The lowest BCUT2D eigenvalue weighted by molar-refractivity contribution is 0.103. The average Bonchev–Trinajstić information content (AvgIpc) is 3.49. The lowest BCUT2D eigenvalue weighted by Crippen LogP contribution is -2.31. The SMILES string of the molecule is COc1cc(NC(=O)c2cc3ccc(N4CCC(N(C)C)C4)nc3s2)cn2cc(C)nc12. The fourth-order valence-electron chi connectivity index (χ4n) is 4.17. The van der Waals surface area contributed by atoms with Crippen LogP contribution in [0.25, 0.3) is 15.9 Å². The second-order valence-corrected chi connectivity index (χ2v) is 9.42. The van der Waals surface area contributed by atoms with Gasteiger partial charge in [0.05, 0.1) is 23.4 Å². The third kappa shape index (κ3) is 3.78. The number of fused-ring (bicyclic) bond motifs is 2. The number of nitrogens with zero attached hydrogens (tertiary/aromatic N) is 5. The minimum Gasteiger partial charge on any atom is -0.493 e. The number of hydrogen-bond acceptors (Lipinski definition) is 7. The van der Waals surface area contributed by atoms with Crippen molar-refractivity contribution in [2.24, 2.45) is 0 Å². The van der Waals surface area contributed by atoms with Gasteiger partial charge in [-0.05, 0) is 45.6 Å². The van der Waals surface area contributed by atoms with Gasteiger partial charge in [-0.2, -0.15) is 0 Å². The van der Waals surface area contributed by atoms with Crippen molar-refractivity contribution in [3.8, 4) is 5.75 Å². The highest BCUT2D eigenvalue weighted by Gasteiger charge is 2.25. The second kappa shape index (κ2) is 8.07. The van der Waals surface area contributed by atoms with Crippen molar-refractivity contribution in [2.45, 2.75) is 19.4 Å². The first-order valence-corrected chi connectivity index (χ1v) is 11.4. The molecule has 0 saturated carbocycles. The quantitative estimate of drug-likeness (QED) is 0.500. The highest BCUT2D eigenvalue weighted by molar-refractivity contribution is 7.20. The maximum absolute atomic E-state index is 13.0. The van der Waals surface area contributed by atoms with Crippen LogP contribution in [0.15, 0.2) is 36.7 Å². The van der Waals surface area contributed by atoms with Gasteiger partial charge in [-0.3, -0.25) is 4.79 Å². The van der Waals surface area contributed by atoms with Crippen molar-refractivity contribution in [2.75, 3.05) is 44.5 Å². The van der Waals surface area contributed by atoms with E-state index < -0.39 is 0 Å². The van der Waals surface area contributed by atoms with Crippen LogP contribution in [-0.2, 0) is 0 Å². The van der Waals surface area contributed by atoms with E-state index in [1.807, 2.05) is 29.8 Å². The third-order valence-electron chi connectivity index (χ3n) is 5.93. The van der Waals surface area contributed by atoms with Crippen LogP contribution >= 0.6 is 11.3 Å². The topological polar surface area (TPSA) is 75.0 Å². The molecule has 5 rings (SSSR count). The molecule has 1 N–H and O–H groups in total. The smallest absolute Gasteiger partial charge is 0.265 e. The molecule has 5 heterocycles. The maximum atomic E-state index is 13.0. The summed E-state index contributed by atoms with van der Waals surface area (Å²) in [6.45, 7) is 3.90. The molecule has 166 valence electrons. The van der Waals surface area contributed by atoms with E-state index in [2.05, 4.69) is 46.3 Å². The van der Waals surface area contributed by atoms with Crippen molar-refractivity contribution < 1.29 is 9.53 Å². The van der Waals surface area contributed by atoms with Crippen LogP contribution in [0.4, 0.5) is 11.5 Å². The molecule has 8 nitrogen and oxygen atoms in total. The molecule has 9 heteroatoms. The standard InChI is InChI=1S/C23H26N6O2S/c1-14-11-29-12-16(10-18(31-4)21(29)24-14)25-22(30)19-9-15-5-6-20(26-23(15)32-19)28-8-7-17(13-28)27(2)3/h5-6,9-12,17H,7-8,13H2,1-4H3,(H,25,30). The van der Waals surface area contributed by atoms with Gasteiger partial charge in [0.1, 0.15) is 10.6 Å². The van der Waals surface area contributed by atoms with Crippen molar-refractivity contribution in [3.63, 3.8) is 0 Å². The Kier molecular flexibility index (Phi) is 5.22. The third-order valence-corrected chi connectivity index (χ3v) is 6.97. The fourth-order valence-corrected chi connectivity index (χ4v) is 5.09. The number of methoxy groups -OCH3 is 1. The number of amides is 1. The van der Waals surface area contributed by atoms with E-state index in [-0.39, 0.29) is 5.91 Å². The van der Waals surface area contributed by atoms with E-state index in [0.717, 1.165) is 46.9 Å². The summed E-state index contributed by atoms with van der Waals surface area (Å²) in [5.74, 6) is 1.42. The molecule has 4 aromatic rings. The zero-order valence-electron chi connectivity index (χ0n) is 18.6. The van der Waals surface area contributed by atoms with E-state index in [1.165, 1.54) is 11.3 Å². The molecule has 0 bridgehead atoms. The van der Waals surface area contributed by atoms with Gasteiger partial charge in [0.15, 0.2) is 11.4 Å². The lowest BCUT2D eigenvalue weighted by atomic mass is 10.2. The second-order valence-electron chi connectivity index (χ2n) is 8.39. The van der Waals surface area contributed by atoms with E-state index >= 15 is 0 Å². The van der Waals surface area contributed by atoms with Crippen molar-refractivity contribution >= 4 is 44.6 Å². The Morgan fingerprint density at radius 1 is 1.25 bits per heavy atom. The molecule has 0 radical (unpaired) electrons. The van der Waals surface area contributed by atoms with Gasteiger partial charge < -0.3 is 24.3 Å². The van der Waals surface area contributed by atoms with E-state index in [9.17, 15) is 4.79 Å².